The molecule has 0 saturated heterocycles. The number of rotatable bonds is 2. The summed E-state index contributed by atoms with van der Waals surface area (Å²) in [6.45, 7) is 2.07. The van der Waals surface area contributed by atoms with Crippen LogP contribution in [0.15, 0.2) is 6.07 Å². The van der Waals surface area contributed by atoms with E-state index in [9.17, 15) is 0 Å². The largest absolute Gasteiger partial charge is 0.308 e. The molecule has 1 fully saturated rings. The van der Waals surface area contributed by atoms with E-state index in [0.717, 1.165) is 21.9 Å². The molecule has 15 heavy (non-hydrogen) atoms. The number of nitrogens with zero attached hydrogens (tertiary/aromatic N) is 2. The van der Waals surface area contributed by atoms with Crippen LogP contribution in [0.25, 0.3) is 10.2 Å². The van der Waals surface area contributed by atoms with Crippen molar-refractivity contribution in [1.29, 1.82) is 0 Å². The second-order valence-corrected chi connectivity index (χ2v) is 5.16. The Morgan fingerprint density at radius 2 is 2.27 bits per heavy atom. The second-order valence-electron chi connectivity index (χ2n) is 3.92. The first-order chi connectivity index (χ1) is 7.28. The van der Waals surface area contributed by atoms with E-state index in [1.54, 1.807) is 11.3 Å². The van der Waals surface area contributed by atoms with E-state index >= 15 is 0 Å². The fourth-order valence-electron chi connectivity index (χ4n) is 1.69. The third-order valence-electron chi connectivity index (χ3n) is 2.61. The number of hydrogen-bond donors (Lipinski definition) is 2. The Bertz CT molecular complexity index is 515. The topological polar surface area (TPSA) is 63.8 Å². The maximum absolute atomic E-state index is 5.48. The molecular weight excluding hydrogens is 208 g/mol. The van der Waals surface area contributed by atoms with E-state index in [1.165, 1.54) is 17.7 Å². The molecule has 2 aromatic heterocycles. The number of aromatic nitrogens is 2. The maximum atomic E-state index is 5.48. The van der Waals surface area contributed by atoms with Crippen LogP contribution in [0.5, 0.6) is 0 Å². The normalized spacial score (nSPS) is 15.9. The van der Waals surface area contributed by atoms with Gasteiger partial charge >= 0.3 is 0 Å². The van der Waals surface area contributed by atoms with E-state index in [0.29, 0.717) is 5.92 Å². The summed E-state index contributed by atoms with van der Waals surface area (Å²) in [4.78, 5) is 11.3. The van der Waals surface area contributed by atoms with Crippen LogP contribution in [-0.4, -0.2) is 9.97 Å². The van der Waals surface area contributed by atoms with Crippen LogP contribution in [0, 0.1) is 6.92 Å². The van der Waals surface area contributed by atoms with Crippen molar-refractivity contribution in [3.05, 3.63) is 16.8 Å². The lowest BCUT2D eigenvalue weighted by atomic mass is 10.3. The Balaban J connectivity index is 2.24. The van der Waals surface area contributed by atoms with E-state index in [-0.39, 0.29) is 0 Å². The van der Waals surface area contributed by atoms with Crippen LogP contribution in [0.3, 0.4) is 0 Å². The molecule has 1 aliphatic carbocycles. The monoisotopic (exact) mass is 220 g/mol. The van der Waals surface area contributed by atoms with Crippen LogP contribution in [0.4, 0.5) is 5.82 Å². The quantitative estimate of drug-likeness (QED) is 0.601. The molecule has 78 valence electrons. The van der Waals surface area contributed by atoms with Gasteiger partial charge in [-0.15, -0.1) is 11.3 Å². The summed E-state index contributed by atoms with van der Waals surface area (Å²) in [6.07, 6.45) is 2.42. The minimum atomic E-state index is 0.559. The summed E-state index contributed by atoms with van der Waals surface area (Å²) in [5, 5.41) is 1.03. The number of hydrogen-bond acceptors (Lipinski definition) is 5. The van der Waals surface area contributed by atoms with Gasteiger partial charge in [0.05, 0.1) is 5.39 Å². The van der Waals surface area contributed by atoms with Crippen LogP contribution < -0.4 is 11.3 Å². The van der Waals surface area contributed by atoms with Gasteiger partial charge < -0.3 is 5.43 Å². The molecule has 0 spiro atoms. The molecule has 0 bridgehead atoms. The van der Waals surface area contributed by atoms with E-state index in [2.05, 4.69) is 28.4 Å². The van der Waals surface area contributed by atoms with Gasteiger partial charge in [0.15, 0.2) is 5.82 Å². The van der Waals surface area contributed by atoms with Crippen LogP contribution in [0.1, 0.15) is 29.5 Å². The zero-order valence-electron chi connectivity index (χ0n) is 8.45. The predicted octanol–water partition coefficient (Wildman–Crippen LogP) is 2.16. The van der Waals surface area contributed by atoms with Gasteiger partial charge in [0, 0.05) is 10.8 Å². The summed E-state index contributed by atoms with van der Waals surface area (Å²) < 4.78 is 0. The van der Waals surface area contributed by atoms with E-state index < -0.39 is 0 Å². The van der Waals surface area contributed by atoms with Gasteiger partial charge in [0.25, 0.3) is 0 Å². The lowest BCUT2D eigenvalue weighted by molar-refractivity contribution is 0.949. The molecule has 0 aliphatic heterocycles. The van der Waals surface area contributed by atoms with Gasteiger partial charge in [0.1, 0.15) is 10.7 Å². The maximum Gasteiger partial charge on any atom is 0.152 e. The number of fused-ring (bicyclic) bond motifs is 1. The number of thiophene rings is 1. The third-order valence-corrected chi connectivity index (χ3v) is 3.56. The zero-order chi connectivity index (χ0) is 10.4. The minimum Gasteiger partial charge on any atom is -0.308 e. The molecule has 2 aromatic rings. The highest BCUT2D eigenvalue weighted by atomic mass is 32.1. The Labute approximate surface area is 91.5 Å². The lowest BCUT2D eigenvalue weighted by Gasteiger charge is -2.03. The van der Waals surface area contributed by atoms with Crippen molar-refractivity contribution in [2.24, 2.45) is 5.84 Å². The molecule has 1 aliphatic rings. The minimum absolute atomic E-state index is 0.559. The summed E-state index contributed by atoms with van der Waals surface area (Å²) in [5.74, 6) is 7.74. The first-order valence-electron chi connectivity index (χ1n) is 5.02. The van der Waals surface area contributed by atoms with Gasteiger partial charge in [-0.2, -0.15) is 0 Å². The fraction of sp³-hybridized carbons (Fsp3) is 0.400. The highest BCUT2D eigenvalue weighted by Gasteiger charge is 2.27. The summed E-state index contributed by atoms with van der Waals surface area (Å²) in [6, 6.07) is 2.08. The molecule has 2 heterocycles. The smallest absolute Gasteiger partial charge is 0.152 e. The van der Waals surface area contributed by atoms with Crippen molar-refractivity contribution in [2.45, 2.75) is 25.7 Å². The summed E-state index contributed by atoms with van der Waals surface area (Å²) in [7, 11) is 0. The van der Waals surface area contributed by atoms with E-state index in [4.69, 9.17) is 5.84 Å². The molecule has 3 N–H and O–H groups in total. The lowest BCUT2D eigenvalue weighted by Crippen LogP contribution is -2.10. The second kappa shape index (κ2) is 3.15. The predicted molar refractivity (Wildman–Crippen MR) is 61.9 cm³/mol. The molecule has 5 heteroatoms. The highest BCUT2D eigenvalue weighted by molar-refractivity contribution is 7.18. The zero-order valence-corrected chi connectivity index (χ0v) is 9.27. The summed E-state index contributed by atoms with van der Waals surface area (Å²) >= 11 is 1.69. The van der Waals surface area contributed by atoms with Gasteiger partial charge in [0.2, 0.25) is 0 Å². The number of nitrogens with two attached hydrogens (primary N) is 1. The highest BCUT2D eigenvalue weighted by Crippen LogP contribution is 2.40. The standard InChI is InChI=1S/C10H12N4S/c1-5-4-7-9(14-11)12-8(6-2-3-6)13-10(7)15-5/h4,6H,2-3,11H2,1H3,(H,12,13,14). The molecule has 0 radical (unpaired) electrons. The van der Waals surface area contributed by atoms with Crippen molar-refractivity contribution in [1.82, 2.24) is 9.97 Å². The van der Waals surface area contributed by atoms with Crippen molar-refractivity contribution in [2.75, 3.05) is 5.43 Å². The molecular formula is C10H12N4S. The SMILES string of the molecule is Cc1cc2c(NN)nc(C3CC3)nc2s1. The third kappa shape index (κ3) is 1.48. The molecule has 0 unspecified atom stereocenters. The molecule has 1 saturated carbocycles. The van der Waals surface area contributed by atoms with Crippen molar-refractivity contribution in [3.63, 3.8) is 0 Å². The van der Waals surface area contributed by atoms with Gasteiger partial charge in [-0.05, 0) is 25.8 Å². The van der Waals surface area contributed by atoms with Gasteiger partial charge in [-0.1, -0.05) is 0 Å². The molecule has 3 rings (SSSR count). The molecule has 0 aromatic carbocycles. The molecule has 0 atom stereocenters. The van der Waals surface area contributed by atoms with Crippen molar-refractivity contribution in [3.8, 4) is 0 Å². The van der Waals surface area contributed by atoms with Crippen LogP contribution >= 0.6 is 11.3 Å². The van der Waals surface area contributed by atoms with Crippen LogP contribution in [-0.2, 0) is 0 Å². The first-order valence-corrected chi connectivity index (χ1v) is 5.84. The number of aryl methyl sites for hydroxylation is 1. The Hall–Kier alpha value is -1.20. The molecule has 4 nitrogen and oxygen atoms in total. The first kappa shape index (κ1) is 9.06. The van der Waals surface area contributed by atoms with Crippen molar-refractivity contribution < 1.29 is 0 Å². The average molecular weight is 220 g/mol. The Morgan fingerprint density at radius 1 is 1.47 bits per heavy atom. The number of anilines is 1. The Morgan fingerprint density at radius 3 is 2.93 bits per heavy atom. The van der Waals surface area contributed by atoms with Crippen LogP contribution in [0.2, 0.25) is 0 Å². The van der Waals surface area contributed by atoms with E-state index in [1.807, 2.05) is 0 Å². The Kier molecular flexibility index (Phi) is 1.90. The van der Waals surface area contributed by atoms with Gasteiger partial charge in [-0.3, -0.25) is 0 Å². The van der Waals surface area contributed by atoms with Crippen molar-refractivity contribution >= 4 is 27.4 Å². The number of hydrazine groups is 1. The van der Waals surface area contributed by atoms with Gasteiger partial charge in [-0.25, -0.2) is 15.8 Å². The number of nitrogen functional groups attached to an aromatic ring is 1. The fourth-order valence-corrected chi connectivity index (χ4v) is 2.58. The number of nitrogens with one attached hydrogen (secondary N) is 1. The average Bonchev–Trinajstić information content (AvgIpc) is 2.99. The molecule has 0 amide bonds. The summed E-state index contributed by atoms with van der Waals surface area (Å²) in [5.41, 5.74) is 2.66.